The minimum atomic E-state index is -0.764. The fourth-order valence-electron chi connectivity index (χ4n) is 4.27. The van der Waals surface area contributed by atoms with Crippen LogP contribution in [0.3, 0.4) is 0 Å². The Kier molecular flexibility index (Phi) is 6.72. The molecule has 31 heavy (non-hydrogen) atoms. The highest BCUT2D eigenvalue weighted by molar-refractivity contribution is 8.01. The van der Waals surface area contributed by atoms with Crippen LogP contribution >= 0.6 is 11.8 Å². The number of amides is 3. The van der Waals surface area contributed by atoms with E-state index in [0.29, 0.717) is 5.56 Å². The van der Waals surface area contributed by atoms with E-state index >= 15 is 0 Å². The van der Waals surface area contributed by atoms with Crippen molar-refractivity contribution < 1.29 is 19.5 Å². The molecule has 3 amide bonds. The maximum absolute atomic E-state index is 13.5. The van der Waals surface area contributed by atoms with Gasteiger partial charge in [-0.15, -0.1) is 11.8 Å². The molecule has 1 aromatic carbocycles. The van der Waals surface area contributed by atoms with E-state index in [2.05, 4.69) is 10.6 Å². The van der Waals surface area contributed by atoms with Crippen LogP contribution in [0.1, 0.15) is 62.8 Å². The third-order valence-corrected chi connectivity index (χ3v) is 7.66. The van der Waals surface area contributed by atoms with Crippen molar-refractivity contribution in [2.24, 2.45) is 11.8 Å². The summed E-state index contributed by atoms with van der Waals surface area (Å²) in [5.74, 6) is -0.907. The summed E-state index contributed by atoms with van der Waals surface area (Å²) >= 11 is 1.59. The average Bonchev–Trinajstić information content (AvgIpc) is 3.13. The van der Waals surface area contributed by atoms with Crippen LogP contribution in [-0.2, 0) is 9.59 Å². The smallest absolute Gasteiger partial charge is 0.256 e. The van der Waals surface area contributed by atoms with Gasteiger partial charge in [0, 0.05) is 10.3 Å². The number of carbonyl (C=O) groups is 3. The Labute approximate surface area is 188 Å². The van der Waals surface area contributed by atoms with E-state index < -0.39 is 16.8 Å². The average molecular weight is 448 g/mol. The predicted molar refractivity (Wildman–Crippen MR) is 121 cm³/mol. The number of nitrogens with zero attached hydrogens (tertiary/aromatic N) is 1. The van der Waals surface area contributed by atoms with Gasteiger partial charge in [0.05, 0.1) is 12.6 Å². The third-order valence-electron chi connectivity index (χ3n) is 6.12. The fourth-order valence-corrected chi connectivity index (χ4v) is 5.86. The first kappa shape index (κ1) is 23.6. The lowest BCUT2D eigenvalue weighted by Crippen LogP contribution is -2.59. The van der Waals surface area contributed by atoms with Crippen LogP contribution in [0, 0.1) is 11.8 Å². The molecule has 3 rings (SSSR count). The number of benzene rings is 1. The number of carbonyl (C=O) groups excluding carboxylic acids is 3. The second-order valence-electron chi connectivity index (χ2n) is 9.55. The van der Waals surface area contributed by atoms with E-state index in [9.17, 15) is 19.5 Å². The number of rotatable bonds is 7. The second-order valence-corrected chi connectivity index (χ2v) is 11.3. The summed E-state index contributed by atoms with van der Waals surface area (Å²) in [5.41, 5.74) is 1.57. The lowest BCUT2D eigenvalue weighted by Gasteiger charge is -2.32. The molecule has 0 bridgehead atoms. The molecule has 2 aliphatic heterocycles. The molecule has 0 aromatic heterocycles. The molecule has 2 aliphatic rings. The van der Waals surface area contributed by atoms with Gasteiger partial charge in [-0.25, -0.2) is 0 Å². The Balaban J connectivity index is 1.82. The molecule has 3 N–H and O–H groups in total. The molecular weight excluding hydrogens is 414 g/mol. The monoisotopic (exact) mass is 447 g/mol. The molecule has 8 heteroatoms. The molecule has 1 saturated heterocycles. The summed E-state index contributed by atoms with van der Waals surface area (Å²) in [6.07, 6.45) is 0. The Bertz CT molecular complexity index is 870. The molecule has 0 spiro atoms. The van der Waals surface area contributed by atoms with E-state index in [-0.39, 0.29) is 47.6 Å². The van der Waals surface area contributed by atoms with Gasteiger partial charge in [-0.2, -0.15) is 0 Å². The number of hydrogen-bond acceptors (Lipinski definition) is 5. The van der Waals surface area contributed by atoms with Gasteiger partial charge >= 0.3 is 0 Å². The lowest BCUT2D eigenvalue weighted by atomic mass is 9.97. The first-order chi connectivity index (χ1) is 14.5. The van der Waals surface area contributed by atoms with Crippen molar-refractivity contribution in [3.63, 3.8) is 0 Å². The Hall–Kier alpha value is -2.06. The Morgan fingerprint density at radius 2 is 1.77 bits per heavy atom. The molecule has 1 aromatic rings. The van der Waals surface area contributed by atoms with Crippen LogP contribution in [-0.4, -0.2) is 57.2 Å². The van der Waals surface area contributed by atoms with Crippen LogP contribution < -0.4 is 10.6 Å². The minimum absolute atomic E-state index is 0.0594. The Morgan fingerprint density at radius 3 is 2.35 bits per heavy atom. The van der Waals surface area contributed by atoms with Crippen molar-refractivity contribution in [2.75, 3.05) is 6.61 Å². The first-order valence-corrected chi connectivity index (χ1v) is 11.7. The first-order valence-electron chi connectivity index (χ1n) is 10.8. The van der Waals surface area contributed by atoms with Crippen LogP contribution in [0.15, 0.2) is 24.3 Å². The van der Waals surface area contributed by atoms with E-state index in [4.69, 9.17) is 0 Å². The van der Waals surface area contributed by atoms with Gasteiger partial charge < -0.3 is 20.6 Å². The number of thioether (sulfide) groups is 1. The zero-order chi connectivity index (χ0) is 23.1. The van der Waals surface area contributed by atoms with E-state index in [0.717, 1.165) is 5.56 Å². The number of aliphatic hydroxyl groups excluding tert-OH is 1. The number of nitrogens with one attached hydrogen (secondary N) is 2. The summed E-state index contributed by atoms with van der Waals surface area (Å²) in [6.45, 7) is 11.3. The second kappa shape index (κ2) is 8.82. The van der Waals surface area contributed by atoms with E-state index in [1.807, 2.05) is 59.7 Å². The molecule has 170 valence electrons. The molecule has 4 atom stereocenters. The molecule has 1 fully saturated rings. The summed E-state index contributed by atoms with van der Waals surface area (Å²) < 4.78 is -0.512. The van der Waals surface area contributed by atoms with Gasteiger partial charge in [-0.05, 0) is 37.3 Å². The van der Waals surface area contributed by atoms with Gasteiger partial charge in [0.2, 0.25) is 11.8 Å². The van der Waals surface area contributed by atoms with Crippen molar-refractivity contribution in [1.29, 1.82) is 0 Å². The van der Waals surface area contributed by atoms with Crippen molar-refractivity contribution in [1.82, 2.24) is 15.5 Å². The SMILES string of the molecule is CC(C)[C@H](NC(=O)[C@@H]1N2C(=O)c3ccccc3[C@H]2SC1(C)C)C(=O)N[C@H](CO)C(C)C. The molecule has 0 aliphatic carbocycles. The highest BCUT2D eigenvalue weighted by Gasteiger charge is 2.57. The molecule has 2 heterocycles. The van der Waals surface area contributed by atoms with E-state index in [1.165, 1.54) is 0 Å². The number of aliphatic hydroxyl groups is 1. The molecular formula is C23H33N3O4S. The zero-order valence-corrected chi connectivity index (χ0v) is 19.8. The van der Waals surface area contributed by atoms with Crippen LogP contribution in [0.2, 0.25) is 0 Å². The maximum atomic E-state index is 13.5. The molecule has 0 unspecified atom stereocenters. The van der Waals surface area contributed by atoms with Gasteiger partial charge in [0.15, 0.2) is 0 Å². The third kappa shape index (κ3) is 4.32. The van der Waals surface area contributed by atoms with Crippen LogP contribution in [0.25, 0.3) is 0 Å². The van der Waals surface area contributed by atoms with Gasteiger partial charge in [0.1, 0.15) is 17.5 Å². The maximum Gasteiger partial charge on any atom is 0.256 e. The van der Waals surface area contributed by atoms with Crippen molar-refractivity contribution in [3.8, 4) is 0 Å². The topological polar surface area (TPSA) is 98.7 Å². The lowest BCUT2D eigenvalue weighted by molar-refractivity contribution is -0.133. The van der Waals surface area contributed by atoms with Gasteiger partial charge in [-0.1, -0.05) is 45.9 Å². The zero-order valence-electron chi connectivity index (χ0n) is 19.0. The standard InChI is InChI=1S/C23H33N3O4S/c1-12(2)16(11-27)24-19(28)17(13(3)4)25-20(29)18-23(5,6)31-22-15-10-8-7-9-14(15)21(30)26(18)22/h7-10,12-13,16-18,22,27H,11H2,1-6H3,(H,24,28)(H,25,29)/t16-,17+,18+,22-/m1/s1. The van der Waals surface area contributed by atoms with Crippen molar-refractivity contribution in [2.45, 2.75) is 69.8 Å². The quantitative estimate of drug-likeness (QED) is 0.596. The molecule has 0 radical (unpaired) electrons. The summed E-state index contributed by atoms with van der Waals surface area (Å²) in [6, 6.07) is 5.62. The van der Waals surface area contributed by atoms with Gasteiger partial charge in [0.25, 0.3) is 5.91 Å². The largest absolute Gasteiger partial charge is 0.394 e. The molecule has 7 nitrogen and oxygen atoms in total. The van der Waals surface area contributed by atoms with Crippen LogP contribution in [0.4, 0.5) is 0 Å². The van der Waals surface area contributed by atoms with E-state index in [1.54, 1.807) is 22.7 Å². The van der Waals surface area contributed by atoms with Crippen molar-refractivity contribution >= 4 is 29.5 Å². The number of fused-ring (bicyclic) bond motifs is 3. The summed E-state index contributed by atoms with van der Waals surface area (Å²) in [5, 5.41) is 15.1. The normalized spacial score (nSPS) is 23.5. The highest BCUT2D eigenvalue weighted by Crippen LogP contribution is 2.56. The van der Waals surface area contributed by atoms with Gasteiger partial charge in [-0.3, -0.25) is 14.4 Å². The van der Waals surface area contributed by atoms with Crippen LogP contribution in [0.5, 0.6) is 0 Å². The fraction of sp³-hybridized carbons (Fsp3) is 0.609. The number of hydrogen-bond donors (Lipinski definition) is 3. The predicted octanol–water partition coefficient (Wildman–Crippen LogP) is 2.31. The minimum Gasteiger partial charge on any atom is -0.394 e. The van der Waals surface area contributed by atoms with Crippen molar-refractivity contribution in [3.05, 3.63) is 35.4 Å². The highest BCUT2D eigenvalue weighted by atomic mass is 32.2. The summed E-state index contributed by atoms with van der Waals surface area (Å²) in [7, 11) is 0. The summed E-state index contributed by atoms with van der Waals surface area (Å²) in [4.78, 5) is 41.2. The Morgan fingerprint density at radius 1 is 1.13 bits per heavy atom. The molecule has 0 saturated carbocycles.